The molecule has 0 radical (unpaired) electrons. The highest BCUT2D eigenvalue weighted by molar-refractivity contribution is 5.60. The third kappa shape index (κ3) is 4.94. The maximum absolute atomic E-state index is 15.4. The number of aromatic nitrogens is 6. The van der Waals surface area contributed by atoms with Crippen LogP contribution in [0.15, 0.2) is 64.0 Å². The summed E-state index contributed by atoms with van der Waals surface area (Å²) in [7, 11) is 2.77. The number of aryl methyl sites for hydroxylation is 1. The molecule has 14 nitrogen and oxygen atoms in total. The van der Waals surface area contributed by atoms with Gasteiger partial charge in [0.2, 0.25) is 17.5 Å². The second-order valence-electron chi connectivity index (χ2n) is 8.35. The molecular weight excluding hydrogens is 527 g/mol. The lowest BCUT2D eigenvalue weighted by molar-refractivity contribution is -0.385. The van der Waals surface area contributed by atoms with Crippen LogP contribution in [0.2, 0.25) is 0 Å². The van der Waals surface area contributed by atoms with E-state index in [9.17, 15) is 14.9 Å². The number of benzene rings is 2. The topological polar surface area (TPSA) is 176 Å². The van der Waals surface area contributed by atoms with E-state index in [1.165, 1.54) is 38.6 Å². The molecule has 5 aromatic rings. The number of anilines is 1. The van der Waals surface area contributed by atoms with Gasteiger partial charge in [-0.2, -0.15) is 9.67 Å². The maximum Gasteiger partial charge on any atom is 0.349 e. The Morgan fingerprint density at radius 3 is 2.52 bits per heavy atom. The standard InChI is InChI=1S/C25H21FN8O6/c1-13-28-22(32-40-13)14-6-8-15(9-7-14)29-21(16-11-19(38-2)20(39-3)12-17(16)26)23-30-25(35)33(31-23)24-18(34(36)37)5-4-10-27-24/h4-12,21,29H,1-3H3,(H,30,31,35). The highest BCUT2D eigenvalue weighted by Gasteiger charge is 2.27. The molecule has 2 aromatic carbocycles. The summed E-state index contributed by atoms with van der Waals surface area (Å²) in [5.74, 6) is 0.162. The van der Waals surface area contributed by atoms with Gasteiger partial charge in [-0.15, -0.1) is 5.10 Å². The summed E-state index contributed by atoms with van der Waals surface area (Å²) in [5.41, 5.74) is -0.00485. The Bertz CT molecular complexity index is 1750. The largest absolute Gasteiger partial charge is 0.493 e. The van der Waals surface area contributed by atoms with Gasteiger partial charge in [0.15, 0.2) is 17.3 Å². The zero-order valence-corrected chi connectivity index (χ0v) is 21.3. The van der Waals surface area contributed by atoms with Gasteiger partial charge in [0.25, 0.3) is 0 Å². The monoisotopic (exact) mass is 548 g/mol. The van der Waals surface area contributed by atoms with Crippen LogP contribution < -0.4 is 20.5 Å². The van der Waals surface area contributed by atoms with E-state index < -0.39 is 28.2 Å². The van der Waals surface area contributed by atoms with Crippen LogP contribution in [0.4, 0.5) is 15.8 Å². The van der Waals surface area contributed by atoms with E-state index in [4.69, 9.17) is 14.0 Å². The van der Waals surface area contributed by atoms with E-state index in [1.54, 1.807) is 31.2 Å². The summed E-state index contributed by atoms with van der Waals surface area (Å²) in [6.45, 7) is 1.67. The van der Waals surface area contributed by atoms with Gasteiger partial charge < -0.3 is 19.3 Å². The minimum Gasteiger partial charge on any atom is -0.493 e. The lowest BCUT2D eigenvalue weighted by Crippen LogP contribution is -2.18. The molecule has 0 spiro atoms. The molecule has 2 N–H and O–H groups in total. The molecule has 0 fully saturated rings. The number of aromatic amines is 1. The molecule has 5 rings (SSSR count). The minimum atomic E-state index is -1.09. The highest BCUT2D eigenvalue weighted by Crippen LogP contribution is 2.35. The molecule has 204 valence electrons. The fraction of sp³-hybridized carbons (Fsp3) is 0.160. The molecule has 0 bridgehead atoms. The Kier molecular flexibility index (Phi) is 6.92. The zero-order chi connectivity index (χ0) is 28.4. The number of nitrogens with zero attached hydrogens (tertiary/aromatic N) is 6. The number of pyridine rings is 1. The lowest BCUT2D eigenvalue weighted by Gasteiger charge is -2.20. The van der Waals surface area contributed by atoms with Crippen molar-refractivity contribution in [2.24, 2.45) is 0 Å². The average Bonchev–Trinajstić information content (AvgIpc) is 3.57. The van der Waals surface area contributed by atoms with Crippen molar-refractivity contribution in [3.05, 3.63) is 98.4 Å². The normalized spacial score (nSPS) is 11.7. The molecule has 1 unspecified atom stereocenters. The van der Waals surface area contributed by atoms with Gasteiger partial charge in [0, 0.05) is 42.1 Å². The Morgan fingerprint density at radius 2 is 1.88 bits per heavy atom. The van der Waals surface area contributed by atoms with E-state index in [0.717, 1.165) is 10.7 Å². The smallest absolute Gasteiger partial charge is 0.349 e. The number of H-pyrrole nitrogens is 1. The van der Waals surface area contributed by atoms with Crippen LogP contribution >= 0.6 is 0 Å². The van der Waals surface area contributed by atoms with Crippen LogP contribution in [0, 0.1) is 22.9 Å². The Morgan fingerprint density at radius 1 is 1.15 bits per heavy atom. The van der Waals surface area contributed by atoms with Crippen LogP contribution in [-0.2, 0) is 0 Å². The number of halogens is 1. The number of nitrogens with one attached hydrogen (secondary N) is 2. The average molecular weight is 548 g/mol. The molecule has 40 heavy (non-hydrogen) atoms. The first-order valence-electron chi connectivity index (χ1n) is 11.7. The molecular formula is C25H21FN8O6. The predicted molar refractivity (Wildman–Crippen MR) is 138 cm³/mol. The first-order valence-corrected chi connectivity index (χ1v) is 11.7. The molecule has 3 heterocycles. The van der Waals surface area contributed by atoms with Crippen molar-refractivity contribution in [3.8, 4) is 28.7 Å². The van der Waals surface area contributed by atoms with Crippen LogP contribution in [0.5, 0.6) is 11.5 Å². The summed E-state index contributed by atoms with van der Waals surface area (Å²) in [4.78, 5) is 34.5. The third-order valence-electron chi connectivity index (χ3n) is 5.87. The summed E-state index contributed by atoms with van der Waals surface area (Å²) in [6.07, 6.45) is 1.29. The van der Waals surface area contributed by atoms with Gasteiger partial charge in [-0.05, 0) is 36.4 Å². The van der Waals surface area contributed by atoms with Crippen molar-refractivity contribution in [1.29, 1.82) is 0 Å². The zero-order valence-electron chi connectivity index (χ0n) is 21.3. The van der Waals surface area contributed by atoms with Crippen molar-refractivity contribution in [1.82, 2.24) is 29.9 Å². The predicted octanol–water partition coefficient (Wildman–Crippen LogP) is 3.58. The molecule has 0 aliphatic heterocycles. The van der Waals surface area contributed by atoms with E-state index in [0.29, 0.717) is 23.0 Å². The number of nitro groups is 1. The van der Waals surface area contributed by atoms with Gasteiger partial charge in [-0.3, -0.25) is 15.1 Å². The number of ether oxygens (including phenoxy) is 2. The summed E-state index contributed by atoms with van der Waals surface area (Å²) >= 11 is 0. The van der Waals surface area contributed by atoms with Crippen molar-refractivity contribution in [2.45, 2.75) is 13.0 Å². The summed E-state index contributed by atoms with van der Waals surface area (Å²) < 4.78 is 31.8. The number of hydrogen-bond donors (Lipinski definition) is 2. The molecule has 15 heteroatoms. The van der Waals surface area contributed by atoms with Crippen molar-refractivity contribution >= 4 is 11.4 Å². The Balaban J connectivity index is 1.60. The van der Waals surface area contributed by atoms with Gasteiger partial charge in [0.05, 0.1) is 19.1 Å². The van der Waals surface area contributed by atoms with Gasteiger partial charge in [-0.25, -0.2) is 14.2 Å². The van der Waals surface area contributed by atoms with E-state index in [1.807, 2.05) is 0 Å². The molecule has 1 atom stereocenters. The quantitative estimate of drug-likeness (QED) is 0.203. The molecule has 0 aliphatic rings. The molecule has 0 amide bonds. The van der Waals surface area contributed by atoms with E-state index in [2.05, 4.69) is 30.5 Å². The second kappa shape index (κ2) is 10.6. The van der Waals surface area contributed by atoms with Crippen LogP contribution in [0.1, 0.15) is 23.3 Å². The molecule has 3 aromatic heterocycles. The Hall–Kier alpha value is -5.60. The lowest BCUT2D eigenvalue weighted by atomic mass is 10.0. The maximum atomic E-state index is 15.4. The summed E-state index contributed by atoms with van der Waals surface area (Å²) in [5, 5.41) is 22.8. The fourth-order valence-electron chi connectivity index (χ4n) is 3.99. The minimum absolute atomic E-state index is 0.0473. The van der Waals surface area contributed by atoms with Gasteiger partial charge >= 0.3 is 11.4 Å². The molecule has 0 saturated heterocycles. The Labute approximate surface area is 224 Å². The fourth-order valence-corrected chi connectivity index (χ4v) is 3.99. The van der Waals surface area contributed by atoms with E-state index in [-0.39, 0.29) is 28.7 Å². The van der Waals surface area contributed by atoms with Crippen molar-refractivity contribution in [2.75, 3.05) is 19.5 Å². The van der Waals surface area contributed by atoms with Gasteiger partial charge in [-0.1, -0.05) is 5.16 Å². The highest BCUT2D eigenvalue weighted by atomic mass is 19.1. The number of hydrogen-bond acceptors (Lipinski definition) is 11. The van der Waals surface area contributed by atoms with Gasteiger partial charge in [0.1, 0.15) is 11.9 Å². The number of methoxy groups -OCH3 is 2. The van der Waals surface area contributed by atoms with Crippen molar-refractivity contribution in [3.63, 3.8) is 0 Å². The first kappa shape index (κ1) is 26.0. The van der Waals surface area contributed by atoms with E-state index >= 15 is 4.39 Å². The molecule has 0 saturated carbocycles. The SMILES string of the molecule is COc1cc(F)c(C(Nc2ccc(-c3noc(C)n3)cc2)c2nn(-c3ncccc3[N+](=O)[O-])c(=O)[nH]2)cc1OC. The van der Waals surface area contributed by atoms with Crippen LogP contribution in [0.3, 0.4) is 0 Å². The number of rotatable bonds is 9. The second-order valence-corrected chi connectivity index (χ2v) is 8.35. The molecule has 0 aliphatic carbocycles. The summed E-state index contributed by atoms with van der Waals surface area (Å²) in [6, 6.07) is 10.9. The van der Waals surface area contributed by atoms with Crippen LogP contribution in [-0.4, -0.2) is 49.0 Å². The van der Waals surface area contributed by atoms with Crippen LogP contribution in [0.25, 0.3) is 17.2 Å². The van der Waals surface area contributed by atoms with Crippen molar-refractivity contribution < 1.29 is 23.3 Å². The third-order valence-corrected chi connectivity index (χ3v) is 5.87. The first-order chi connectivity index (χ1) is 19.3.